The largest absolute Gasteiger partial charge is 0.327 e. The Hall–Kier alpha value is -0.300. The average molecular weight is 193 g/mol. The summed E-state index contributed by atoms with van der Waals surface area (Å²) in [5.74, 6) is 0.793. The van der Waals surface area contributed by atoms with Gasteiger partial charge < -0.3 is 5.73 Å². The lowest BCUT2D eigenvalue weighted by molar-refractivity contribution is 0.392. The third-order valence-electron chi connectivity index (χ3n) is 3.88. The first-order chi connectivity index (χ1) is 6.86. The molecule has 0 aromatic heterocycles. The van der Waals surface area contributed by atoms with Crippen molar-refractivity contribution in [1.29, 1.82) is 0 Å². The minimum absolute atomic E-state index is 0.485. The van der Waals surface area contributed by atoms with Crippen LogP contribution in [-0.2, 0) is 0 Å². The Morgan fingerprint density at radius 2 is 2.00 bits per heavy atom. The van der Waals surface area contributed by atoms with E-state index in [2.05, 4.69) is 6.08 Å². The molecule has 0 radical (unpaired) electrons. The first kappa shape index (κ1) is 10.2. The van der Waals surface area contributed by atoms with Crippen molar-refractivity contribution in [2.45, 2.75) is 63.8 Å². The fourth-order valence-electron chi connectivity index (χ4n) is 2.93. The molecule has 80 valence electrons. The zero-order valence-electron chi connectivity index (χ0n) is 9.17. The van der Waals surface area contributed by atoms with Gasteiger partial charge in [0, 0.05) is 6.04 Å². The van der Waals surface area contributed by atoms with E-state index in [1.165, 1.54) is 57.8 Å². The molecule has 0 saturated heterocycles. The molecule has 2 aliphatic rings. The van der Waals surface area contributed by atoms with Crippen molar-refractivity contribution in [3.8, 4) is 0 Å². The molecule has 0 amide bonds. The van der Waals surface area contributed by atoms with Crippen LogP contribution in [0.1, 0.15) is 57.8 Å². The van der Waals surface area contributed by atoms with Gasteiger partial charge in [-0.05, 0) is 44.4 Å². The molecule has 2 unspecified atom stereocenters. The van der Waals surface area contributed by atoms with Crippen LogP contribution in [0, 0.1) is 5.92 Å². The van der Waals surface area contributed by atoms with Crippen molar-refractivity contribution in [2.75, 3.05) is 0 Å². The van der Waals surface area contributed by atoms with Crippen LogP contribution >= 0.6 is 0 Å². The first-order valence-corrected chi connectivity index (χ1v) is 6.30. The zero-order chi connectivity index (χ0) is 9.80. The van der Waals surface area contributed by atoms with E-state index in [-0.39, 0.29) is 0 Å². The van der Waals surface area contributed by atoms with E-state index in [4.69, 9.17) is 5.73 Å². The maximum absolute atomic E-state index is 6.23. The second-order valence-corrected chi connectivity index (χ2v) is 5.02. The number of hydrogen-bond acceptors (Lipinski definition) is 1. The summed E-state index contributed by atoms with van der Waals surface area (Å²) in [6.07, 6.45) is 14.6. The fourth-order valence-corrected chi connectivity index (χ4v) is 2.93. The van der Waals surface area contributed by atoms with Crippen LogP contribution in [0.5, 0.6) is 0 Å². The van der Waals surface area contributed by atoms with Crippen LogP contribution in [0.3, 0.4) is 0 Å². The molecule has 2 atom stereocenters. The van der Waals surface area contributed by atoms with Gasteiger partial charge in [0.05, 0.1) is 0 Å². The standard InChI is InChI=1S/C13H23N/c14-13-9-3-1-2-8-12(13)10-11-6-4-5-7-11/h6,12-13H,1-5,7-10,14H2. The highest BCUT2D eigenvalue weighted by molar-refractivity contribution is 5.09. The van der Waals surface area contributed by atoms with Gasteiger partial charge in [0.15, 0.2) is 0 Å². The quantitative estimate of drug-likeness (QED) is 0.528. The summed E-state index contributed by atoms with van der Waals surface area (Å²) in [5, 5.41) is 0. The Balaban J connectivity index is 1.87. The summed E-state index contributed by atoms with van der Waals surface area (Å²) >= 11 is 0. The monoisotopic (exact) mass is 193 g/mol. The molecule has 0 aromatic carbocycles. The van der Waals surface area contributed by atoms with Gasteiger partial charge in [-0.25, -0.2) is 0 Å². The van der Waals surface area contributed by atoms with Crippen LogP contribution in [0.2, 0.25) is 0 Å². The van der Waals surface area contributed by atoms with Gasteiger partial charge in [0.2, 0.25) is 0 Å². The molecule has 2 rings (SSSR count). The molecular weight excluding hydrogens is 170 g/mol. The molecule has 0 bridgehead atoms. The molecule has 1 heteroatoms. The van der Waals surface area contributed by atoms with Crippen molar-refractivity contribution in [1.82, 2.24) is 0 Å². The number of nitrogens with two attached hydrogens (primary N) is 1. The van der Waals surface area contributed by atoms with Gasteiger partial charge in [-0.1, -0.05) is 30.9 Å². The van der Waals surface area contributed by atoms with E-state index in [0.717, 1.165) is 5.92 Å². The topological polar surface area (TPSA) is 26.0 Å². The third kappa shape index (κ3) is 2.60. The molecule has 2 aliphatic carbocycles. The molecule has 1 fully saturated rings. The Morgan fingerprint density at radius 1 is 1.14 bits per heavy atom. The fraction of sp³-hybridized carbons (Fsp3) is 0.846. The van der Waals surface area contributed by atoms with Crippen molar-refractivity contribution in [3.05, 3.63) is 11.6 Å². The number of hydrogen-bond donors (Lipinski definition) is 1. The molecule has 1 saturated carbocycles. The highest BCUT2D eigenvalue weighted by Gasteiger charge is 2.21. The lowest BCUT2D eigenvalue weighted by atomic mass is 9.88. The Kier molecular flexibility index (Phi) is 3.63. The SMILES string of the molecule is NC1CCCCCC1CC1=CCCC1. The van der Waals surface area contributed by atoms with Crippen molar-refractivity contribution < 1.29 is 0 Å². The predicted octanol–water partition coefficient (Wildman–Crippen LogP) is 3.39. The molecule has 14 heavy (non-hydrogen) atoms. The van der Waals surface area contributed by atoms with Crippen molar-refractivity contribution in [3.63, 3.8) is 0 Å². The van der Waals surface area contributed by atoms with Crippen LogP contribution in [0.15, 0.2) is 11.6 Å². The van der Waals surface area contributed by atoms with Gasteiger partial charge >= 0.3 is 0 Å². The van der Waals surface area contributed by atoms with E-state index >= 15 is 0 Å². The summed E-state index contributed by atoms with van der Waals surface area (Å²) in [5.41, 5.74) is 7.93. The Bertz CT molecular complexity index is 207. The molecule has 0 heterocycles. The van der Waals surface area contributed by atoms with Gasteiger partial charge in [-0.3, -0.25) is 0 Å². The van der Waals surface area contributed by atoms with E-state index in [1.54, 1.807) is 5.57 Å². The van der Waals surface area contributed by atoms with Gasteiger partial charge in [0.1, 0.15) is 0 Å². The maximum Gasteiger partial charge on any atom is 0.00702 e. The molecule has 2 N–H and O–H groups in total. The maximum atomic E-state index is 6.23. The van der Waals surface area contributed by atoms with Crippen LogP contribution < -0.4 is 5.73 Å². The summed E-state index contributed by atoms with van der Waals surface area (Å²) in [6.45, 7) is 0. The normalized spacial score (nSPS) is 33.9. The molecule has 0 aromatic rings. The van der Waals surface area contributed by atoms with E-state index < -0.39 is 0 Å². The highest BCUT2D eigenvalue weighted by atomic mass is 14.6. The first-order valence-electron chi connectivity index (χ1n) is 6.30. The minimum atomic E-state index is 0.485. The minimum Gasteiger partial charge on any atom is -0.327 e. The molecule has 0 spiro atoms. The Labute approximate surface area is 87.8 Å². The van der Waals surface area contributed by atoms with Gasteiger partial charge in [-0.15, -0.1) is 0 Å². The van der Waals surface area contributed by atoms with E-state index in [9.17, 15) is 0 Å². The summed E-state index contributed by atoms with van der Waals surface area (Å²) in [6, 6.07) is 0.485. The summed E-state index contributed by atoms with van der Waals surface area (Å²) in [7, 11) is 0. The van der Waals surface area contributed by atoms with E-state index in [1.807, 2.05) is 0 Å². The summed E-state index contributed by atoms with van der Waals surface area (Å²) < 4.78 is 0. The van der Waals surface area contributed by atoms with Gasteiger partial charge in [0.25, 0.3) is 0 Å². The lowest BCUT2D eigenvalue weighted by Gasteiger charge is -2.21. The van der Waals surface area contributed by atoms with Crippen LogP contribution in [0.4, 0.5) is 0 Å². The lowest BCUT2D eigenvalue weighted by Crippen LogP contribution is -2.29. The summed E-state index contributed by atoms with van der Waals surface area (Å²) in [4.78, 5) is 0. The van der Waals surface area contributed by atoms with Crippen LogP contribution in [0.25, 0.3) is 0 Å². The molecule has 0 aliphatic heterocycles. The average Bonchev–Trinajstić information content (AvgIpc) is 2.60. The number of rotatable bonds is 2. The van der Waals surface area contributed by atoms with Crippen LogP contribution in [-0.4, -0.2) is 6.04 Å². The van der Waals surface area contributed by atoms with Gasteiger partial charge in [-0.2, -0.15) is 0 Å². The third-order valence-corrected chi connectivity index (χ3v) is 3.88. The second-order valence-electron chi connectivity index (χ2n) is 5.02. The Morgan fingerprint density at radius 3 is 2.79 bits per heavy atom. The highest BCUT2D eigenvalue weighted by Crippen LogP contribution is 2.31. The zero-order valence-corrected chi connectivity index (χ0v) is 9.17. The van der Waals surface area contributed by atoms with Crippen molar-refractivity contribution in [2.24, 2.45) is 11.7 Å². The second kappa shape index (κ2) is 4.97. The van der Waals surface area contributed by atoms with E-state index in [0.29, 0.717) is 6.04 Å². The molecule has 1 nitrogen and oxygen atoms in total. The number of allylic oxidation sites excluding steroid dienone is 2. The smallest absolute Gasteiger partial charge is 0.00702 e. The predicted molar refractivity (Wildman–Crippen MR) is 61.1 cm³/mol. The van der Waals surface area contributed by atoms with Crippen molar-refractivity contribution >= 4 is 0 Å². The molecular formula is C13H23N.